The Morgan fingerprint density at radius 2 is 1.81 bits per heavy atom. The number of aromatic hydroxyl groups is 1. The molecule has 0 saturated carbocycles. The van der Waals surface area contributed by atoms with Gasteiger partial charge >= 0.3 is 0 Å². The number of nitrogens with one attached hydrogen (secondary N) is 1. The molecule has 0 unspecified atom stereocenters. The van der Waals surface area contributed by atoms with Crippen molar-refractivity contribution in [3.8, 4) is 11.5 Å². The van der Waals surface area contributed by atoms with Crippen LogP contribution in [0.2, 0.25) is 0 Å². The lowest BCUT2D eigenvalue weighted by atomic mass is 9.99. The average molecular weight is 244 g/mol. The number of halogens is 1. The second-order valence-electron chi connectivity index (χ2n) is 4.00. The third-order valence-electron chi connectivity index (χ3n) is 2.78. The van der Waals surface area contributed by atoms with Crippen molar-refractivity contribution in [2.24, 2.45) is 5.92 Å². The van der Waals surface area contributed by atoms with E-state index < -0.39 is 0 Å². The topological polar surface area (TPSA) is 41.5 Å². The molecule has 1 heterocycles. The van der Waals surface area contributed by atoms with Crippen LogP contribution in [0.15, 0.2) is 24.3 Å². The first-order chi connectivity index (χ1) is 7.34. The maximum atomic E-state index is 9.11. The number of phenolic OH excluding ortho intramolecular Hbond substituents is 1. The predicted molar refractivity (Wildman–Crippen MR) is 66.4 cm³/mol. The molecule has 1 aromatic rings. The Labute approximate surface area is 102 Å². The number of hydrogen-bond donors (Lipinski definition) is 2. The molecule has 0 radical (unpaired) electrons. The van der Waals surface area contributed by atoms with Gasteiger partial charge in [0, 0.05) is 0 Å². The molecule has 0 atom stereocenters. The summed E-state index contributed by atoms with van der Waals surface area (Å²) in [5.74, 6) is 1.79. The molecule has 0 amide bonds. The van der Waals surface area contributed by atoms with Crippen molar-refractivity contribution in [1.29, 1.82) is 0 Å². The van der Waals surface area contributed by atoms with Gasteiger partial charge in [-0.1, -0.05) is 0 Å². The lowest BCUT2D eigenvalue weighted by molar-refractivity contribution is 0.215. The lowest BCUT2D eigenvalue weighted by Crippen LogP contribution is -2.30. The molecule has 0 spiro atoms. The third-order valence-corrected chi connectivity index (χ3v) is 2.78. The summed E-state index contributed by atoms with van der Waals surface area (Å²) in [4.78, 5) is 0. The second kappa shape index (κ2) is 6.61. The third kappa shape index (κ3) is 3.91. The van der Waals surface area contributed by atoms with E-state index in [0.717, 1.165) is 25.4 Å². The molecule has 2 N–H and O–H groups in total. The average Bonchev–Trinajstić information content (AvgIpc) is 2.30. The van der Waals surface area contributed by atoms with Crippen LogP contribution in [0.4, 0.5) is 0 Å². The summed E-state index contributed by atoms with van der Waals surface area (Å²) in [7, 11) is 0. The lowest BCUT2D eigenvalue weighted by Gasteiger charge is -2.22. The van der Waals surface area contributed by atoms with Crippen LogP contribution >= 0.6 is 12.4 Å². The molecule has 1 saturated heterocycles. The molecular weight excluding hydrogens is 226 g/mol. The van der Waals surface area contributed by atoms with Gasteiger partial charge in [0.2, 0.25) is 0 Å². The molecule has 0 bridgehead atoms. The van der Waals surface area contributed by atoms with Gasteiger partial charge in [-0.2, -0.15) is 0 Å². The zero-order valence-corrected chi connectivity index (χ0v) is 10.0. The van der Waals surface area contributed by atoms with E-state index in [0.29, 0.717) is 5.92 Å². The molecule has 1 aliphatic heterocycles. The van der Waals surface area contributed by atoms with Gasteiger partial charge in [0.25, 0.3) is 0 Å². The van der Waals surface area contributed by atoms with Gasteiger partial charge in [-0.15, -0.1) is 12.4 Å². The summed E-state index contributed by atoms with van der Waals surface area (Å²) in [5, 5.41) is 12.4. The Hall–Kier alpha value is -0.930. The van der Waals surface area contributed by atoms with Gasteiger partial charge in [0.15, 0.2) is 0 Å². The standard InChI is InChI=1S/C12H17NO2.ClH/c14-11-1-3-12(4-2-11)15-9-10-5-7-13-8-6-10;/h1-4,10,13-14H,5-9H2;1H. The van der Waals surface area contributed by atoms with Gasteiger partial charge < -0.3 is 15.2 Å². The molecule has 0 aromatic heterocycles. The summed E-state index contributed by atoms with van der Waals surface area (Å²) < 4.78 is 5.66. The highest BCUT2D eigenvalue weighted by atomic mass is 35.5. The highest BCUT2D eigenvalue weighted by Gasteiger charge is 2.13. The summed E-state index contributed by atoms with van der Waals surface area (Å²) in [6.45, 7) is 2.99. The van der Waals surface area contributed by atoms with Gasteiger partial charge in [-0.3, -0.25) is 0 Å². The van der Waals surface area contributed by atoms with E-state index in [1.807, 2.05) is 0 Å². The van der Waals surface area contributed by atoms with Crippen LogP contribution in [0.5, 0.6) is 11.5 Å². The van der Waals surface area contributed by atoms with Gasteiger partial charge in [-0.25, -0.2) is 0 Å². The smallest absolute Gasteiger partial charge is 0.119 e. The minimum absolute atomic E-state index is 0. The first-order valence-electron chi connectivity index (χ1n) is 5.47. The SMILES string of the molecule is Cl.Oc1ccc(OCC2CCNCC2)cc1. The van der Waals surface area contributed by atoms with Crippen LogP contribution in [-0.4, -0.2) is 24.8 Å². The fourth-order valence-corrected chi connectivity index (χ4v) is 1.80. The van der Waals surface area contributed by atoms with Gasteiger partial charge in [0.1, 0.15) is 11.5 Å². The van der Waals surface area contributed by atoms with E-state index in [1.54, 1.807) is 24.3 Å². The summed E-state index contributed by atoms with van der Waals surface area (Å²) >= 11 is 0. The molecule has 0 aliphatic carbocycles. The summed E-state index contributed by atoms with van der Waals surface area (Å²) in [6, 6.07) is 6.91. The van der Waals surface area contributed by atoms with Crippen LogP contribution in [0.3, 0.4) is 0 Å². The zero-order valence-electron chi connectivity index (χ0n) is 9.19. The number of phenols is 1. The quantitative estimate of drug-likeness (QED) is 0.855. The Morgan fingerprint density at radius 1 is 1.19 bits per heavy atom. The van der Waals surface area contributed by atoms with Gasteiger partial charge in [0.05, 0.1) is 6.61 Å². The van der Waals surface area contributed by atoms with Crippen LogP contribution in [0.25, 0.3) is 0 Å². The van der Waals surface area contributed by atoms with E-state index in [2.05, 4.69) is 5.32 Å². The van der Waals surface area contributed by atoms with Crippen molar-refractivity contribution in [3.05, 3.63) is 24.3 Å². The van der Waals surface area contributed by atoms with Gasteiger partial charge in [-0.05, 0) is 56.1 Å². The van der Waals surface area contributed by atoms with Crippen molar-refractivity contribution >= 4 is 12.4 Å². The van der Waals surface area contributed by atoms with Crippen LogP contribution in [-0.2, 0) is 0 Å². The summed E-state index contributed by atoms with van der Waals surface area (Å²) in [6.07, 6.45) is 2.39. The van der Waals surface area contributed by atoms with E-state index in [4.69, 9.17) is 9.84 Å². The van der Waals surface area contributed by atoms with E-state index in [1.165, 1.54) is 12.8 Å². The zero-order chi connectivity index (χ0) is 10.5. The Morgan fingerprint density at radius 3 is 2.44 bits per heavy atom. The fraction of sp³-hybridized carbons (Fsp3) is 0.500. The molecule has 1 aliphatic rings. The predicted octanol–water partition coefficient (Wildman–Crippen LogP) is 2.19. The maximum Gasteiger partial charge on any atom is 0.119 e. The Kier molecular flexibility index (Phi) is 5.43. The highest BCUT2D eigenvalue weighted by molar-refractivity contribution is 5.85. The first kappa shape index (κ1) is 13.1. The number of piperidine rings is 1. The highest BCUT2D eigenvalue weighted by Crippen LogP contribution is 2.18. The molecule has 3 nitrogen and oxygen atoms in total. The molecular formula is C12H18ClNO2. The molecule has 2 rings (SSSR count). The van der Waals surface area contributed by atoms with Crippen molar-refractivity contribution in [2.75, 3.05) is 19.7 Å². The van der Waals surface area contributed by atoms with Crippen LogP contribution in [0, 0.1) is 5.92 Å². The second-order valence-corrected chi connectivity index (χ2v) is 4.00. The number of ether oxygens (including phenoxy) is 1. The van der Waals surface area contributed by atoms with Crippen LogP contribution < -0.4 is 10.1 Å². The first-order valence-corrected chi connectivity index (χ1v) is 5.47. The van der Waals surface area contributed by atoms with Crippen molar-refractivity contribution in [1.82, 2.24) is 5.32 Å². The Balaban J connectivity index is 0.00000128. The van der Waals surface area contributed by atoms with Crippen molar-refractivity contribution in [3.63, 3.8) is 0 Å². The molecule has 16 heavy (non-hydrogen) atoms. The molecule has 1 aromatic carbocycles. The van der Waals surface area contributed by atoms with Crippen molar-refractivity contribution < 1.29 is 9.84 Å². The summed E-state index contributed by atoms with van der Waals surface area (Å²) in [5.41, 5.74) is 0. The van der Waals surface area contributed by atoms with Crippen LogP contribution in [0.1, 0.15) is 12.8 Å². The minimum Gasteiger partial charge on any atom is -0.508 e. The van der Waals surface area contributed by atoms with E-state index >= 15 is 0 Å². The van der Waals surface area contributed by atoms with E-state index in [9.17, 15) is 0 Å². The number of rotatable bonds is 3. The molecule has 4 heteroatoms. The van der Waals surface area contributed by atoms with Crippen molar-refractivity contribution in [2.45, 2.75) is 12.8 Å². The maximum absolute atomic E-state index is 9.11. The monoisotopic (exact) mass is 243 g/mol. The molecule has 1 fully saturated rings. The molecule has 90 valence electrons. The van der Waals surface area contributed by atoms with E-state index in [-0.39, 0.29) is 18.2 Å². The minimum atomic E-state index is 0. The fourth-order valence-electron chi connectivity index (χ4n) is 1.80. The normalized spacial score (nSPS) is 16.5. The number of hydrogen-bond acceptors (Lipinski definition) is 3. The largest absolute Gasteiger partial charge is 0.508 e. The number of benzene rings is 1. The Bertz CT molecular complexity index is 296.